The molecule has 2 aliphatic carbocycles. The summed E-state index contributed by atoms with van der Waals surface area (Å²) >= 11 is -0.512. The molecule has 2 aromatic rings. The van der Waals surface area contributed by atoms with Gasteiger partial charge in [-0.2, -0.15) is 0 Å². The van der Waals surface area contributed by atoms with Gasteiger partial charge in [-0.1, -0.05) is 317 Å². The van der Waals surface area contributed by atoms with E-state index in [0.717, 1.165) is 11.8 Å². The second-order valence-corrected chi connectivity index (χ2v) is 28.8. The van der Waals surface area contributed by atoms with E-state index >= 15 is 0 Å². The quantitative estimate of drug-likeness (QED) is 0.0460. The first-order valence-electron chi connectivity index (χ1n) is 30.1. The molecule has 0 fully saturated rings. The maximum Gasteiger partial charge on any atom is 0.261 e. The molecule has 0 radical (unpaired) electrons. The lowest BCUT2D eigenvalue weighted by Crippen LogP contribution is -2.11. The van der Waals surface area contributed by atoms with Crippen LogP contribution in [0.5, 0.6) is 0 Å². The predicted molar refractivity (Wildman–Crippen MR) is 305 cm³/mol. The van der Waals surface area contributed by atoms with Gasteiger partial charge in [0.2, 0.25) is 0 Å². The van der Waals surface area contributed by atoms with Crippen molar-refractivity contribution in [3.8, 4) is 0 Å². The molecule has 0 saturated carbocycles. The topological polar surface area (TPSA) is 0 Å². The van der Waals surface area contributed by atoms with Gasteiger partial charge in [0.1, 0.15) is 0 Å². The predicted octanol–water partition coefficient (Wildman–Crippen LogP) is 22.7. The molecule has 0 aliphatic heterocycles. The second kappa shape index (κ2) is 34.7. The van der Waals surface area contributed by atoms with E-state index in [9.17, 15) is 0 Å². The molecule has 1 heteroatoms. The molecule has 0 N–H and O–H groups in total. The third-order valence-electron chi connectivity index (χ3n) is 16.6. The average Bonchev–Trinajstić information content (AvgIpc) is 3.94. The molecule has 67 heavy (non-hydrogen) atoms. The molecular weight excluding hydrogens is 820 g/mol. The van der Waals surface area contributed by atoms with Crippen LogP contribution in [0.2, 0.25) is 15.8 Å². The molecule has 2 aromatic carbocycles. The highest BCUT2D eigenvalue weighted by atomic mass is 27.2. The Labute approximate surface area is 424 Å². The minimum Gasteiger partial charge on any atom is -0.0967 e. The Balaban J connectivity index is 0.988. The van der Waals surface area contributed by atoms with E-state index < -0.39 is 14.1 Å². The average molecular weight is 932 g/mol. The number of unbranched alkanes of at least 4 members (excludes halogenated alkanes) is 24. The zero-order valence-electron chi connectivity index (χ0n) is 46.0. The van der Waals surface area contributed by atoms with Crippen molar-refractivity contribution < 1.29 is 0 Å². The number of allylic oxidation sites excluding steroid dienone is 2. The van der Waals surface area contributed by atoms with Gasteiger partial charge in [0.25, 0.3) is 14.1 Å². The highest BCUT2D eigenvalue weighted by Crippen LogP contribution is 2.42. The van der Waals surface area contributed by atoms with Crippen LogP contribution in [0.1, 0.15) is 301 Å². The van der Waals surface area contributed by atoms with Crippen molar-refractivity contribution in [1.29, 1.82) is 0 Å². The zero-order chi connectivity index (χ0) is 47.8. The Morgan fingerprint density at radius 3 is 0.970 bits per heavy atom. The van der Waals surface area contributed by atoms with E-state index in [0.29, 0.717) is 22.7 Å². The Kier molecular flexibility index (Phi) is 30.1. The lowest BCUT2D eigenvalue weighted by Gasteiger charge is -2.24. The summed E-state index contributed by atoms with van der Waals surface area (Å²) in [5, 5.41) is 4.76. The van der Waals surface area contributed by atoms with Gasteiger partial charge in [-0.25, -0.2) is 0 Å². The summed E-state index contributed by atoms with van der Waals surface area (Å²) in [6.07, 6.45) is 59.1. The summed E-state index contributed by atoms with van der Waals surface area (Å²) in [5.41, 5.74) is 7.18. The molecule has 0 spiro atoms. The van der Waals surface area contributed by atoms with Gasteiger partial charge in [-0.15, -0.1) is 0 Å². The maximum absolute atomic E-state index is 2.56. The summed E-state index contributed by atoms with van der Waals surface area (Å²) in [6.45, 7) is 16.8. The smallest absolute Gasteiger partial charge is 0.0967 e. The zero-order valence-corrected chi connectivity index (χ0v) is 47.1. The molecule has 0 heterocycles. The van der Waals surface area contributed by atoms with Gasteiger partial charge < -0.3 is 0 Å². The van der Waals surface area contributed by atoms with Crippen LogP contribution in [-0.4, -0.2) is 14.1 Å². The molecule has 4 unspecified atom stereocenters. The fourth-order valence-electron chi connectivity index (χ4n) is 12.3. The first-order chi connectivity index (χ1) is 32.5. The van der Waals surface area contributed by atoms with Gasteiger partial charge >= 0.3 is 0 Å². The van der Waals surface area contributed by atoms with Crippen LogP contribution < -0.4 is 0 Å². The Bertz CT molecular complexity index is 1450. The van der Waals surface area contributed by atoms with E-state index in [4.69, 9.17) is 0 Å². The van der Waals surface area contributed by atoms with E-state index in [2.05, 4.69) is 121 Å². The first kappa shape index (κ1) is 58.0. The van der Waals surface area contributed by atoms with Crippen LogP contribution >= 0.6 is 0 Å². The monoisotopic (exact) mass is 931 g/mol. The molecule has 4 atom stereocenters. The number of rotatable bonds is 41. The Morgan fingerprint density at radius 2 is 0.657 bits per heavy atom. The van der Waals surface area contributed by atoms with E-state index in [-0.39, 0.29) is 0 Å². The summed E-state index contributed by atoms with van der Waals surface area (Å²) in [4.78, 5) is 0. The molecule has 0 nitrogen and oxygen atoms in total. The largest absolute Gasteiger partial charge is 0.261 e. The number of benzene rings is 2. The SMILES string of the molecule is C[CH2][Al]([CH2]CCCCCCCCC(CCCCCCCCCC(C)(C)C)C1C=Cc2ccccc21)[CH2]CCCCCCCCC(CCCCCCCCCC(C)(C)C)C1C=Cc2ccccc21. The molecule has 2 aliphatic rings. The summed E-state index contributed by atoms with van der Waals surface area (Å²) in [5.74, 6) is 2.98. The Morgan fingerprint density at radius 1 is 0.373 bits per heavy atom. The Hall–Kier alpha value is -1.55. The third-order valence-corrected chi connectivity index (χ3v) is 20.3. The molecule has 378 valence electrons. The summed E-state index contributed by atoms with van der Waals surface area (Å²) in [7, 11) is 0. The van der Waals surface area contributed by atoms with Gasteiger partial charge in [0.05, 0.1) is 0 Å². The van der Waals surface area contributed by atoms with Crippen LogP contribution in [0.15, 0.2) is 60.7 Å². The molecular formula is C66H111Al. The van der Waals surface area contributed by atoms with Crippen molar-refractivity contribution in [2.24, 2.45) is 22.7 Å². The molecule has 0 bridgehead atoms. The van der Waals surface area contributed by atoms with Crippen molar-refractivity contribution in [1.82, 2.24) is 0 Å². The molecule has 0 amide bonds. The van der Waals surface area contributed by atoms with Crippen LogP contribution in [0.25, 0.3) is 12.2 Å². The van der Waals surface area contributed by atoms with Gasteiger partial charge in [0, 0.05) is 11.8 Å². The number of hydrogen-bond acceptors (Lipinski definition) is 0. The van der Waals surface area contributed by atoms with Gasteiger partial charge in [-0.3, -0.25) is 0 Å². The van der Waals surface area contributed by atoms with Crippen LogP contribution in [0.3, 0.4) is 0 Å². The lowest BCUT2D eigenvalue weighted by atomic mass is 9.80. The highest BCUT2D eigenvalue weighted by molar-refractivity contribution is 6.58. The van der Waals surface area contributed by atoms with Crippen molar-refractivity contribution >= 4 is 26.3 Å². The minimum atomic E-state index is -0.512. The minimum absolute atomic E-state index is 0.501. The normalized spacial score (nSPS) is 16.5. The summed E-state index contributed by atoms with van der Waals surface area (Å²) in [6, 6.07) is 18.5. The fraction of sp³-hybridized carbons (Fsp3) is 0.758. The van der Waals surface area contributed by atoms with Crippen molar-refractivity contribution in [2.75, 3.05) is 0 Å². The second-order valence-electron chi connectivity index (χ2n) is 25.1. The van der Waals surface area contributed by atoms with Gasteiger partial charge in [-0.05, 0) is 83.4 Å². The van der Waals surface area contributed by atoms with E-state index in [1.54, 1.807) is 21.7 Å². The maximum atomic E-state index is 2.56. The first-order valence-corrected chi connectivity index (χ1v) is 32.5. The van der Waals surface area contributed by atoms with Crippen molar-refractivity contribution in [3.05, 3.63) is 82.9 Å². The molecule has 0 aromatic heterocycles. The van der Waals surface area contributed by atoms with Crippen LogP contribution in [0, 0.1) is 22.7 Å². The summed E-state index contributed by atoms with van der Waals surface area (Å²) < 4.78 is 0. The van der Waals surface area contributed by atoms with Crippen molar-refractivity contribution in [3.63, 3.8) is 0 Å². The van der Waals surface area contributed by atoms with Crippen molar-refractivity contribution in [2.45, 2.75) is 294 Å². The van der Waals surface area contributed by atoms with Gasteiger partial charge in [0.15, 0.2) is 0 Å². The van der Waals surface area contributed by atoms with Crippen LogP contribution in [0.4, 0.5) is 0 Å². The highest BCUT2D eigenvalue weighted by Gasteiger charge is 2.27. The number of hydrogen-bond donors (Lipinski definition) is 0. The fourth-order valence-corrected chi connectivity index (χ4v) is 15.1. The molecule has 0 saturated heterocycles. The lowest BCUT2D eigenvalue weighted by molar-refractivity contribution is 0.354. The third kappa shape index (κ3) is 25.9. The standard InChI is InChI=1S/2C32H53.C2H5.Al/c2*1-5-6-7-8-10-13-16-21-28(31-26-25-29-23-18-19-24-30(29)31)22-17-14-11-9-12-15-20-27-32(2,3)4;1-2;/h2*18-19,23-26,28,31H,1,5-17,20-22,27H2,2-4H3;1H2,2H3;. The molecule has 4 rings (SSSR count). The number of fused-ring (bicyclic) bond motifs is 2. The van der Waals surface area contributed by atoms with E-state index in [1.165, 1.54) is 235 Å². The van der Waals surface area contributed by atoms with E-state index in [1.807, 2.05) is 0 Å². The van der Waals surface area contributed by atoms with Crippen LogP contribution in [-0.2, 0) is 0 Å².